The largest absolute Gasteiger partial charge is 0.143 e. The van der Waals surface area contributed by atoms with Gasteiger partial charge in [-0.05, 0) is 28.5 Å². The molecule has 0 N–H and O–H groups in total. The first-order chi connectivity index (χ1) is 7.84. The average molecular weight is 245 g/mol. The minimum Gasteiger partial charge on any atom is -0.143 e. The fourth-order valence-corrected chi connectivity index (χ4v) is 3.04. The van der Waals surface area contributed by atoms with Gasteiger partial charge in [-0.1, -0.05) is 48.0 Å². The molecule has 0 radical (unpaired) electrons. The van der Waals surface area contributed by atoms with Crippen molar-refractivity contribution in [3.05, 3.63) is 58.9 Å². The van der Waals surface area contributed by atoms with Crippen LogP contribution in [0.5, 0.6) is 0 Å². The lowest BCUT2D eigenvalue weighted by molar-refractivity contribution is 1.71. The number of halogens is 1. The van der Waals surface area contributed by atoms with E-state index in [-0.39, 0.29) is 0 Å². The first kappa shape index (κ1) is 9.88. The SMILES string of the molecule is Clc1ccc2c(-c3ccccc3)scc2c1. The molecule has 0 aliphatic carbocycles. The molecule has 2 heteroatoms. The normalized spacial score (nSPS) is 10.8. The van der Waals surface area contributed by atoms with E-state index in [1.807, 2.05) is 18.2 Å². The van der Waals surface area contributed by atoms with E-state index in [2.05, 4.69) is 35.7 Å². The van der Waals surface area contributed by atoms with Crippen molar-refractivity contribution >= 4 is 33.7 Å². The second-order valence-corrected chi connectivity index (χ2v) is 4.98. The predicted molar refractivity (Wildman–Crippen MR) is 72.3 cm³/mol. The first-order valence-corrected chi connectivity index (χ1v) is 6.32. The van der Waals surface area contributed by atoms with Gasteiger partial charge < -0.3 is 0 Å². The Labute approximate surface area is 103 Å². The standard InChI is InChI=1S/C14H9ClS/c15-12-6-7-13-11(8-12)9-16-14(13)10-4-2-1-3-5-10/h1-9H. The molecule has 2 aromatic carbocycles. The van der Waals surface area contributed by atoms with Crippen LogP contribution in [0.1, 0.15) is 0 Å². The minimum atomic E-state index is 0.796. The zero-order chi connectivity index (χ0) is 11.0. The van der Waals surface area contributed by atoms with E-state index in [9.17, 15) is 0 Å². The number of thiophene rings is 1. The summed E-state index contributed by atoms with van der Waals surface area (Å²) in [6, 6.07) is 16.5. The van der Waals surface area contributed by atoms with Gasteiger partial charge in [0.2, 0.25) is 0 Å². The van der Waals surface area contributed by atoms with Crippen molar-refractivity contribution in [3.8, 4) is 10.4 Å². The van der Waals surface area contributed by atoms with E-state index < -0.39 is 0 Å². The molecule has 0 aliphatic rings. The summed E-state index contributed by atoms with van der Waals surface area (Å²) in [6.45, 7) is 0. The van der Waals surface area contributed by atoms with Gasteiger partial charge in [0.15, 0.2) is 0 Å². The molecule has 3 rings (SSSR count). The van der Waals surface area contributed by atoms with Crippen LogP contribution < -0.4 is 0 Å². The summed E-state index contributed by atoms with van der Waals surface area (Å²) in [7, 11) is 0. The molecule has 1 heterocycles. The number of benzene rings is 2. The van der Waals surface area contributed by atoms with Crippen LogP contribution in [-0.2, 0) is 0 Å². The highest BCUT2D eigenvalue weighted by molar-refractivity contribution is 7.15. The minimum absolute atomic E-state index is 0.796. The summed E-state index contributed by atoms with van der Waals surface area (Å²) in [4.78, 5) is 1.31. The van der Waals surface area contributed by atoms with Gasteiger partial charge in [-0.15, -0.1) is 11.3 Å². The molecule has 0 nitrogen and oxygen atoms in total. The molecular weight excluding hydrogens is 236 g/mol. The first-order valence-electron chi connectivity index (χ1n) is 5.07. The van der Waals surface area contributed by atoms with Gasteiger partial charge in [0.05, 0.1) is 0 Å². The Balaban J connectivity index is 2.26. The average Bonchev–Trinajstić information content (AvgIpc) is 2.73. The maximum absolute atomic E-state index is 5.98. The van der Waals surface area contributed by atoms with Gasteiger partial charge in [0.25, 0.3) is 0 Å². The van der Waals surface area contributed by atoms with E-state index >= 15 is 0 Å². The van der Waals surface area contributed by atoms with Crippen molar-refractivity contribution in [2.24, 2.45) is 0 Å². The highest BCUT2D eigenvalue weighted by Crippen LogP contribution is 2.35. The highest BCUT2D eigenvalue weighted by atomic mass is 35.5. The summed E-state index contributed by atoms with van der Waals surface area (Å²) < 4.78 is 0. The molecule has 0 saturated carbocycles. The lowest BCUT2D eigenvalue weighted by Crippen LogP contribution is -1.72. The maximum Gasteiger partial charge on any atom is 0.0421 e. The molecule has 16 heavy (non-hydrogen) atoms. The summed E-state index contributed by atoms with van der Waals surface area (Å²) in [6.07, 6.45) is 0. The Morgan fingerprint density at radius 2 is 1.75 bits per heavy atom. The second kappa shape index (κ2) is 3.93. The maximum atomic E-state index is 5.98. The summed E-state index contributed by atoms with van der Waals surface area (Å²) >= 11 is 7.74. The van der Waals surface area contributed by atoms with E-state index in [0.29, 0.717) is 0 Å². The zero-order valence-electron chi connectivity index (χ0n) is 8.48. The summed E-state index contributed by atoms with van der Waals surface area (Å²) in [5.74, 6) is 0. The van der Waals surface area contributed by atoms with Gasteiger partial charge in [-0.3, -0.25) is 0 Å². The zero-order valence-corrected chi connectivity index (χ0v) is 10.1. The molecule has 1 aromatic heterocycles. The van der Waals surface area contributed by atoms with E-state index in [1.165, 1.54) is 21.2 Å². The van der Waals surface area contributed by atoms with Gasteiger partial charge in [0.1, 0.15) is 0 Å². The van der Waals surface area contributed by atoms with E-state index in [1.54, 1.807) is 11.3 Å². The van der Waals surface area contributed by atoms with E-state index in [0.717, 1.165) is 5.02 Å². The van der Waals surface area contributed by atoms with Crippen LogP contribution in [0.15, 0.2) is 53.9 Å². The van der Waals surface area contributed by atoms with Crippen molar-refractivity contribution < 1.29 is 0 Å². The lowest BCUT2D eigenvalue weighted by Gasteiger charge is -1.98. The fraction of sp³-hybridized carbons (Fsp3) is 0. The lowest BCUT2D eigenvalue weighted by atomic mass is 10.1. The Morgan fingerprint density at radius 3 is 2.56 bits per heavy atom. The van der Waals surface area contributed by atoms with Crippen LogP contribution in [0.4, 0.5) is 0 Å². The van der Waals surface area contributed by atoms with Crippen LogP contribution >= 0.6 is 22.9 Å². The third kappa shape index (κ3) is 1.62. The molecule has 0 aliphatic heterocycles. The molecule has 0 atom stereocenters. The van der Waals surface area contributed by atoms with Crippen LogP contribution in [0, 0.1) is 0 Å². The van der Waals surface area contributed by atoms with Crippen molar-refractivity contribution in [3.63, 3.8) is 0 Å². The number of hydrogen-bond donors (Lipinski definition) is 0. The fourth-order valence-electron chi connectivity index (χ4n) is 1.84. The Morgan fingerprint density at radius 1 is 0.938 bits per heavy atom. The topological polar surface area (TPSA) is 0 Å². The molecular formula is C14H9ClS. The molecule has 0 unspecified atom stereocenters. The quantitative estimate of drug-likeness (QED) is 0.550. The molecule has 0 amide bonds. The van der Waals surface area contributed by atoms with Gasteiger partial charge >= 0.3 is 0 Å². The van der Waals surface area contributed by atoms with Gasteiger partial charge in [-0.2, -0.15) is 0 Å². The number of fused-ring (bicyclic) bond motifs is 1. The number of rotatable bonds is 1. The van der Waals surface area contributed by atoms with Crippen molar-refractivity contribution in [2.45, 2.75) is 0 Å². The van der Waals surface area contributed by atoms with Gasteiger partial charge in [-0.25, -0.2) is 0 Å². The third-order valence-corrected chi connectivity index (χ3v) is 3.90. The Kier molecular flexibility index (Phi) is 2.43. The third-order valence-electron chi connectivity index (χ3n) is 2.60. The van der Waals surface area contributed by atoms with Crippen LogP contribution in [-0.4, -0.2) is 0 Å². The summed E-state index contributed by atoms with van der Waals surface area (Å²) in [5.41, 5.74) is 1.27. The second-order valence-electron chi connectivity index (χ2n) is 3.66. The van der Waals surface area contributed by atoms with Crippen LogP contribution in [0.3, 0.4) is 0 Å². The molecule has 3 aromatic rings. The van der Waals surface area contributed by atoms with Crippen molar-refractivity contribution in [2.75, 3.05) is 0 Å². The Bertz CT molecular complexity index is 626. The molecule has 0 saturated heterocycles. The monoisotopic (exact) mass is 244 g/mol. The molecule has 0 spiro atoms. The van der Waals surface area contributed by atoms with E-state index in [4.69, 9.17) is 11.6 Å². The van der Waals surface area contributed by atoms with Crippen LogP contribution in [0.2, 0.25) is 5.02 Å². The predicted octanol–water partition coefficient (Wildman–Crippen LogP) is 5.22. The highest BCUT2D eigenvalue weighted by Gasteiger charge is 2.05. The molecule has 78 valence electrons. The van der Waals surface area contributed by atoms with Crippen LogP contribution in [0.25, 0.3) is 21.2 Å². The summed E-state index contributed by atoms with van der Waals surface area (Å²) in [5, 5.41) is 5.45. The molecule has 0 bridgehead atoms. The Hall–Kier alpha value is -1.31. The van der Waals surface area contributed by atoms with Crippen molar-refractivity contribution in [1.82, 2.24) is 0 Å². The van der Waals surface area contributed by atoms with Gasteiger partial charge in [0, 0.05) is 15.3 Å². The smallest absolute Gasteiger partial charge is 0.0421 e. The number of hydrogen-bond acceptors (Lipinski definition) is 1. The van der Waals surface area contributed by atoms with Crippen molar-refractivity contribution in [1.29, 1.82) is 0 Å². The molecule has 0 fully saturated rings.